The van der Waals surface area contributed by atoms with E-state index in [0.29, 0.717) is 19.0 Å². The van der Waals surface area contributed by atoms with Gasteiger partial charge in [-0.25, -0.2) is 13.8 Å². The van der Waals surface area contributed by atoms with Crippen molar-refractivity contribution >= 4 is 11.8 Å². The number of alkyl halides is 2. The second-order valence-electron chi connectivity index (χ2n) is 5.08. The van der Waals surface area contributed by atoms with Crippen LogP contribution < -0.4 is 11.3 Å². The molecule has 1 unspecified atom stereocenters. The molecule has 22 heavy (non-hydrogen) atoms. The molecule has 0 radical (unpaired) electrons. The molecule has 0 bridgehead atoms. The Kier molecular flexibility index (Phi) is 4.84. The number of aromatic nitrogens is 2. The minimum atomic E-state index is -2.85. The standard InChI is InChI=1S/C13H16F2N4O3/c14-12(15)8-5-10(20)18(7-17-8)6-11(21)19-4-2-1-3-9(19)13(16)22/h5,7,9,12H,1-4,6H2,(H2,16,22). The lowest BCUT2D eigenvalue weighted by Gasteiger charge is -2.33. The van der Waals surface area contributed by atoms with Crippen LogP contribution in [-0.2, 0) is 16.1 Å². The Hall–Kier alpha value is -2.32. The summed E-state index contributed by atoms with van der Waals surface area (Å²) in [6.45, 7) is 0.0167. The number of likely N-dealkylation sites (tertiary alicyclic amines) is 1. The van der Waals surface area contributed by atoms with Crippen molar-refractivity contribution in [2.75, 3.05) is 6.54 Å². The van der Waals surface area contributed by atoms with Crippen molar-refractivity contribution in [3.63, 3.8) is 0 Å². The van der Waals surface area contributed by atoms with Crippen molar-refractivity contribution in [2.45, 2.75) is 38.3 Å². The number of halogens is 2. The summed E-state index contributed by atoms with van der Waals surface area (Å²) in [4.78, 5) is 40.1. The maximum atomic E-state index is 12.4. The zero-order chi connectivity index (χ0) is 16.3. The van der Waals surface area contributed by atoms with Crippen LogP contribution in [0.25, 0.3) is 0 Å². The van der Waals surface area contributed by atoms with Crippen LogP contribution in [0.1, 0.15) is 31.4 Å². The van der Waals surface area contributed by atoms with Crippen LogP contribution >= 0.6 is 0 Å². The van der Waals surface area contributed by atoms with Gasteiger partial charge in [0, 0.05) is 12.6 Å². The van der Waals surface area contributed by atoms with Crippen LogP contribution in [0.5, 0.6) is 0 Å². The van der Waals surface area contributed by atoms with E-state index in [1.807, 2.05) is 0 Å². The first-order valence-corrected chi connectivity index (χ1v) is 6.83. The highest BCUT2D eigenvalue weighted by Gasteiger charge is 2.30. The molecule has 2 rings (SSSR count). The van der Waals surface area contributed by atoms with E-state index in [-0.39, 0.29) is 6.54 Å². The van der Waals surface area contributed by atoms with Gasteiger partial charge in [-0.15, -0.1) is 0 Å². The number of carbonyl (C=O) groups is 2. The second kappa shape index (κ2) is 6.63. The molecule has 0 aliphatic carbocycles. The highest BCUT2D eigenvalue weighted by Crippen LogP contribution is 2.17. The minimum Gasteiger partial charge on any atom is -0.368 e. The third-order valence-corrected chi connectivity index (χ3v) is 3.58. The predicted molar refractivity (Wildman–Crippen MR) is 72.0 cm³/mol. The van der Waals surface area contributed by atoms with Gasteiger partial charge in [0.2, 0.25) is 11.8 Å². The molecule has 0 aromatic carbocycles. The Labute approximate surface area is 124 Å². The number of primary amides is 1. The van der Waals surface area contributed by atoms with E-state index in [4.69, 9.17) is 5.73 Å². The molecule has 1 aliphatic rings. The largest absolute Gasteiger partial charge is 0.368 e. The first-order valence-electron chi connectivity index (χ1n) is 6.83. The fraction of sp³-hybridized carbons (Fsp3) is 0.538. The van der Waals surface area contributed by atoms with E-state index in [0.717, 1.165) is 23.7 Å². The van der Waals surface area contributed by atoms with Gasteiger partial charge in [0.05, 0.1) is 6.33 Å². The van der Waals surface area contributed by atoms with E-state index in [1.165, 1.54) is 4.90 Å². The summed E-state index contributed by atoms with van der Waals surface area (Å²) >= 11 is 0. The molecule has 120 valence electrons. The van der Waals surface area contributed by atoms with Crippen LogP contribution in [0.3, 0.4) is 0 Å². The van der Waals surface area contributed by atoms with Crippen LogP contribution in [0.4, 0.5) is 8.78 Å². The highest BCUT2D eigenvalue weighted by atomic mass is 19.3. The Balaban J connectivity index is 2.14. The van der Waals surface area contributed by atoms with Crippen molar-refractivity contribution in [2.24, 2.45) is 5.73 Å². The first kappa shape index (κ1) is 16.1. The molecule has 1 fully saturated rings. The number of hydrogen-bond donors (Lipinski definition) is 1. The van der Waals surface area contributed by atoms with Gasteiger partial charge < -0.3 is 10.6 Å². The Morgan fingerprint density at radius 3 is 2.73 bits per heavy atom. The fourth-order valence-corrected chi connectivity index (χ4v) is 2.44. The average Bonchev–Trinajstić information content (AvgIpc) is 2.48. The molecule has 1 saturated heterocycles. The summed E-state index contributed by atoms with van der Waals surface area (Å²) in [6, 6.07) is 0.00458. The van der Waals surface area contributed by atoms with Crippen molar-refractivity contribution < 1.29 is 18.4 Å². The number of amides is 2. The molecular weight excluding hydrogens is 298 g/mol. The maximum absolute atomic E-state index is 12.4. The van der Waals surface area contributed by atoms with Gasteiger partial charge >= 0.3 is 0 Å². The summed E-state index contributed by atoms with van der Waals surface area (Å²) in [5, 5.41) is 0. The lowest BCUT2D eigenvalue weighted by Crippen LogP contribution is -2.51. The van der Waals surface area contributed by atoms with Crippen molar-refractivity contribution in [1.29, 1.82) is 0 Å². The summed E-state index contributed by atoms with van der Waals surface area (Å²) in [6.07, 6.45) is 0.0812. The quantitative estimate of drug-likeness (QED) is 0.849. The molecule has 2 heterocycles. The minimum absolute atomic E-state index is 0.362. The Morgan fingerprint density at radius 2 is 2.14 bits per heavy atom. The number of rotatable bonds is 4. The molecule has 1 aliphatic heterocycles. The third kappa shape index (κ3) is 3.46. The molecular formula is C13H16F2N4O3. The number of nitrogens with zero attached hydrogens (tertiary/aromatic N) is 3. The normalized spacial score (nSPS) is 18.5. The average molecular weight is 314 g/mol. The molecule has 9 heteroatoms. The summed E-state index contributed by atoms with van der Waals surface area (Å²) in [7, 11) is 0. The van der Waals surface area contributed by atoms with Gasteiger partial charge in [-0.2, -0.15) is 0 Å². The molecule has 1 aromatic heterocycles. The third-order valence-electron chi connectivity index (χ3n) is 3.58. The SMILES string of the molecule is NC(=O)C1CCCCN1C(=O)Cn1cnc(C(F)F)cc1=O. The van der Waals surface area contributed by atoms with Gasteiger partial charge in [0.15, 0.2) is 0 Å². The number of carbonyl (C=O) groups excluding carboxylic acids is 2. The lowest BCUT2D eigenvalue weighted by atomic mass is 10.0. The topological polar surface area (TPSA) is 98.3 Å². The van der Waals surface area contributed by atoms with Gasteiger partial charge in [0.1, 0.15) is 18.3 Å². The summed E-state index contributed by atoms with van der Waals surface area (Å²) < 4.78 is 25.8. The molecule has 1 atom stereocenters. The molecule has 0 saturated carbocycles. The smallest absolute Gasteiger partial charge is 0.280 e. The number of hydrogen-bond acceptors (Lipinski definition) is 4. The van der Waals surface area contributed by atoms with Gasteiger partial charge in [-0.05, 0) is 19.3 Å². The molecule has 2 N–H and O–H groups in total. The van der Waals surface area contributed by atoms with Gasteiger partial charge in [0.25, 0.3) is 12.0 Å². The Bertz CT molecular complexity index is 632. The predicted octanol–water partition coefficient (Wildman–Crippen LogP) is 0.0473. The van der Waals surface area contributed by atoms with E-state index < -0.39 is 35.5 Å². The zero-order valence-electron chi connectivity index (χ0n) is 11.7. The monoisotopic (exact) mass is 314 g/mol. The van der Waals surface area contributed by atoms with Crippen molar-refractivity contribution in [3.05, 3.63) is 28.4 Å². The van der Waals surface area contributed by atoms with E-state index >= 15 is 0 Å². The second-order valence-corrected chi connectivity index (χ2v) is 5.08. The van der Waals surface area contributed by atoms with Gasteiger partial charge in [-0.3, -0.25) is 19.0 Å². The van der Waals surface area contributed by atoms with E-state index in [2.05, 4.69) is 4.98 Å². The van der Waals surface area contributed by atoms with Gasteiger partial charge in [-0.1, -0.05) is 0 Å². The first-order chi connectivity index (χ1) is 10.4. The maximum Gasteiger partial charge on any atom is 0.280 e. The van der Waals surface area contributed by atoms with Crippen LogP contribution in [-0.4, -0.2) is 38.9 Å². The summed E-state index contributed by atoms with van der Waals surface area (Å²) in [5.41, 5.74) is 3.89. The molecule has 2 amide bonds. The lowest BCUT2D eigenvalue weighted by molar-refractivity contribution is -0.141. The van der Waals surface area contributed by atoms with Crippen LogP contribution in [0.2, 0.25) is 0 Å². The van der Waals surface area contributed by atoms with Crippen LogP contribution in [0.15, 0.2) is 17.2 Å². The number of piperidine rings is 1. The van der Waals surface area contributed by atoms with Crippen molar-refractivity contribution in [3.8, 4) is 0 Å². The van der Waals surface area contributed by atoms with Crippen molar-refractivity contribution in [1.82, 2.24) is 14.5 Å². The van der Waals surface area contributed by atoms with Crippen LogP contribution in [0, 0.1) is 0 Å². The van der Waals surface area contributed by atoms with E-state index in [9.17, 15) is 23.2 Å². The molecule has 7 nitrogen and oxygen atoms in total. The zero-order valence-corrected chi connectivity index (χ0v) is 11.7. The molecule has 1 aromatic rings. The van der Waals surface area contributed by atoms with E-state index in [1.54, 1.807) is 0 Å². The number of nitrogens with two attached hydrogens (primary N) is 1. The molecule has 0 spiro atoms. The summed E-state index contributed by atoms with van der Waals surface area (Å²) in [5.74, 6) is -1.05. The fourth-order valence-electron chi connectivity index (χ4n) is 2.44. The highest BCUT2D eigenvalue weighted by molar-refractivity contribution is 5.86. The Morgan fingerprint density at radius 1 is 1.41 bits per heavy atom.